The summed E-state index contributed by atoms with van der Waals surface area (Å²) in [5.74, 6) is 2.07. The van der Waals surface area contributed by atoms with Gasteiger partial charge in [0.1, 0.15) is 17.5 Å². The minimum Gasteiger partial charge on any atom is -0.384 e. The van der Waals surface area contributed by atoms with E-state index in [-0.39, 0.29) is 5.91 Å². The molecule has 4 N–H and O–H groups in total. The number of carbonyl (C=O) groups is 1. The summed E-state index contributed by atoms with van der Waals surface area (Å²) in [6, 6.07) is 2.15. The molecule has 0 radical (unpaired) electrons. The largest absolute Gasteiger partial charge is 0.384 e. The number of nitrogens with two attached hydrogens (primary N) is 1. The van der Waals surface area contributed by atoms with E-state index in [4.69, 9.17) is 5.73 Å². The van der Waals surface area contributed by atoms with Gasteiger partial charge in [0, 0.05) is 31.5 Å². The number of hydrogen-bond acceptors (Lipinski definition) is 5. The van der Waals surface area contributed by atoms with Gasteiger partial charge in [0.15, 0.2) is 0 Å². The molecule has 1 aromatic heterocycles. The average molecular weight is 263 g/mol. The Morgan fingerprint density at radius 2 is 2.26 bits per heavy atom. The zero-order valence-corrected chi connectivity index (χ0v) is 11.3. The predicted molar refractivity (Wildman–Crippen MR) is 74.7 cm³/mol. The van der Waals surface area contributed by atoms with Gasteiger partial charge < -0.3 is 16.4 Å². The average Bonchev–Trinajstić information content (AvgIpc) is 3.18. The maximum absolute atomic E-state index is 11.5. The normalized spacial score (nSPS) is 14.2. The summed E-state index contributed by atoms with van der Waals surface area (Å²) >= 11 is 0. The van der Waals surface area contributed by atoms with Crippen molar-refractivity contribution < 1.29 is 4.79 Å². The second-order valence-electron chi connectivity index (χ2n) is 4.82. The number of hydrogen-bond donors (Lipinski definition) is 3. The molecule has 0 spiro atoms. The summed E-state index contributed by atoms with van der Waals surface area (Å²) < 4.78 is 0. The Kier molecular flexibility index (Phi) is 4.54. The Balaban J connectivity index is 1.69. The molecule has 1 fully saturated rings. The van der Waals surface area contributed by atoms with Crippen molar-refractivity contribution in [1.29, 1.82) is 0 Å². The van der Waals surface area contributed by atoms with Gasteiger partial charge in [-0.25, -0.2) is 9.97 Å². The third kappa shape index (κ3) is 4.73. The third-order valence-corrected chi connectivity index (χ3v) is 2.94. The summed E-state index contributed by atoms with van der Waals surface area (Å²) in [6.07, 6.45) is 4.34. The lowest BCUT2D eigenvalue weighted by Crippen LogP contribution is -2.25. The smallest absolute Gasteiger partial charge is 0.220 e. The lowest BCUT2D eigenvalue weighted by Gasteiger charge is -2.08. The molecular formula is C13H21N5O. The molecule has 1 amide bonds. The lowest BCUT2D eigenvalue weighted by molar-refractivity contribution is -0.121. The van der Waals surface area contributed by atoms with Crippen LogP contribution in [-0.2, 0) is 11.2 Å². The number of nitrogen functional groups attached to an aromatic ring is 1. The number of aryl methyl sites for hydroxylation is 1. The van der Waals surface area contributed by atoms with Crippen LogP contribution < -0.4 is 16.4 Å². The fourth-order valence-electron chi connectivity index (χ4n) is 1.76. The van der Waals surface area contributed by atoms with Crippen LogP contribution in [-0.4, -0.2) is 28.5 Å². The van der Waals surface area contributed by atoms with Gasteiger partial charge in [-0.15, -0.1) is 0 Å². The first-order chi connectivity index (χ1) is 9.17. The first-order valence-corrected chi connectivity index (χ1v) is 6.84. The first kappa shape index (κ1) is 13.6. The number of anilines is 2. The number of nitrogens with zero attached hydrogens (tertiary/aromatic N) is 2. The van der Waals surface area contributed by atoms with E-state index >= 15 is 0 Å². The molecule has 6 nitrogen and oxygen atoms in total. The van der Waals surface area contributed by atoms with Gasteiger partial charge in [0.05, 0.1) is 0 Å². The molecule has 1 aliphatic rings. The van der Waals surface area contributed by atoms with Crippen molar-refractivity contribution in [1.82, 2.24) is 15.3 Å². The highest BCUT2D eigenvalue weighted by Crippen LogP contribution is 2.18. The van der Waals surface area contributed by atoms with Gasteiger partial charge in [-0.3, -0.25) is 4.79 Å². The second kappa shape index (κ2) is 6.36. The Morgan fingerprint density at radius 1 is 1.47 bits per heavy atom. The topological polar surface area (TPSA) is 92.9 Å². The van der Waals surface area contributed by atoms with Crippen LogP contribution in [0.5, 0.6) is 0 Å². The molecule has 104 valence electrons. The number of rotatable bonds is 7. The van der Waals surface area contributed by atoms with Crippen molar-refractivity contribution in [3.05, 3.63) is 11.9 Å². The van der Waals surface area contributed by atoms with Crippen LogP contribution in [0.2, 0.25) is 0 Å². The number of carbonyl (C=O) groups excluding carboxylic acids is 1. The summed E-state index contributed by atoms with van der Waals surface area (Å²) in [5, 5.41) is 6.14. The van der Waals surface area contributed by atoms with Crippen molar-refractivity contribution in [2.45, 2.75) is 45.1 Å². The van der Waals surface area contributed by atoms with Gasteiger partial charge in [-0.2, -0.15) is 0 Å². The zero-order valence-electron chi connectivity index (χ0n) is 11.3. The highest BCUT2D eigenvalue weighted by Gasteiger charge is 2.22. The first-order valence-electron chi connectivity index (χ1n) is 6.84. The molecule has 0 atom stereocenters. The molecule has 6 heteroatoms. The van der Waals surface area contributed by atoms with E-state index < -0.39 is 0 Å². The maximum Gasteiger partial charge on any atom is 0.220 e. The summed E-state index contributed by atoms with van der Waals surface area (Å²) in [5.41, 5.74) is 5.69. The zero-order chi connectivity index (χ0) is 13.7. The van der Waals surface area contributed by atoms with Crippen molar-refractivity contribution in [2.24, 2.45) is 0 Å². The second-order valence-corrected chi connectivity index (χ2v) is 4.82. The fraction of sp³-hybridized carbons (Fsp3) is 0.615. The summed E-state index contributed by atoms with van der Waals surface area (Å²) in [4.78, 5) is 19.9. The minimum atomic E-state index is 0.140. The predicted octanol–water partition coefficient (Wildman–Crippen LogP) is 1.09. The van der Waals surface area contributed by atoms with E-state index in [1.807, 2.05) is 6.92 Å². The minimum absolute atomic E-state index is 0.140. The monoisotopic (exact) mass is 263 g/mol. The SMILES string of the molecule is CCc1nc(N)cc(NCCCC(=O)NC2CC2)n1. The van der Waals surface area contributed by atoms with Gasteiger partial charge in [0.2, 0.25) is 5.91 Å². The van der Waals surface area contributed by atoms with Crippen LogP contribution in [0.3, 0.4) is 0 Å². The molecule has 19 heavy (non-hydrogen) atoms. The molecule has 0 unspecified atom stereocenters. The standard InChI is InChI=1S/C13H21N5O/c1-2-11-17-10(14)8-12(18-11)15-7-3-4-13(19)16-9-5-6-9/h8-9H,2-7H2,1H3,(H,16,19)(H3,14,15,17,18). The summed E-state index contributed by atoms with van der Waals surface area (Å²) in [7, 11) is 0. The van der Waals surface area contributed by atoms with E-state index in [0.29, 0.717) is 24.8 Å². The van der Waals surface area contributed by atoms with E-state index in [1.165, 1.54) is 0 Å². The molecule has 1 heterocycles. The molecule has 0 bridgehead atoms. The molecule has 0 aromatic carbocycles. The Bertz CT molecular complexity index is 445. The third-order valence-electron chi connectivity index (χ3n) is 2.94. The van der Waals surface area contributed by atoms with Crippen LogP contribution in [0.1, 0.15) is 38.4 Å². The molecule has 1 aromatic rings. The maximum atomic E-state index is 11.5. The Labute approximate surface area is 113 Å². The molecule has 2 rings (SSSR count). The van der Waals surface area contributed by atoms with E-state index in [2.05, 4.69) is 20.6 Å². The molecular weight excluding hydrogens is 242 g/mol. The fourth-order valence-corrected chi connectivity index (χ4v) is 1.76. The van der Waals surface area contributed by atoms with E-state index in [1.54, 1.807) is 6.07 Å². The highest BCUT2D eigenvalue weighted by atomic mass is 16.1. The van der Waals surface area contributed by atoms with Crippen LogP contribution in [0.4, 0.5) is 11.6 Å². The van der Waals surface area contributed by atoms with Crippen LogP contribution >= 0.6 is 0 Å². The number of aromatic nitrogens is 2. The van der Waals surface area contributed by atoms with Crippen molar-refractivity contribution in [3.63, 3.8) is 0 Å². The molecule has 1 aliphatic carbocycles. The van der Waals surface area contributed by atoms with Crippen molar-refractivity contribution in [2.75, 3.05) is 17.6 Å². The van der Waals surface area contributed by atoms with E-state index in [0.717, 1.165) is 37.3 Å². The number of nitrogens with one attached hydrogen (secondary N) is 2. The van der Waals surface area contributed by atoms with Crippen LogP contribution in [0, 0.1) is 0 Å². The number of amides is 1. The molecule has 0 aliphatic heterocycles. The van der Waals surface area contributed by atoms with Crippen LogP contribution in [0.15, 0.2) is 6.07 Å². The quantitative estimate of drug-likeness (QED) is 0.640. The Hall–Kier alpha value is -1.85. The Morgan fingerprint density at radius 3 is 2.95 bits per heavy atom. The van der Waals surface area contributed by atoms with Gasteiger partial charge in [0.25, 0.3) is 0 Å². The molecule has 0 saturated heterocycles. The van der Waals surface area contributed by atoms with E-state index in [9.17, 15) is 4.79 Å². The van der Waals surface area contributed by atoms with Crippen LogP contribution in [0.25, 0.3) is 0 Å². The van der Waals surface area contributed by atoms with Gasteiger partial charge in [-0.1, -0.05) is 6.92 Å². The van der Waals surface area contributed by atoms with Gasteiger partial charge >= 0.3 is 0 Å². The van der Waals surface area contributed by atoms with Crippen molar-refractivity contribution >= 4 is 17.5 Å². The molecule has 1 saturated carbocycles. The lowest BCUT2D eigenvalue weighted by atomic mass is 10.3. The summed E-state index contributed by atoms with van der Waals surface area (Å²) in [6.45, 7) is 2.69. The van der Waals surface area contributed by atoms with Gasteiger partial charge in [-0.05, 0) is 19.3 Å². The highest BCUT2D eigenvalue weighted by molar-refractivity contribution is 5.76. The van der Waals surface area contributed by atoms with Crippen molar-refractivity contribution in [3.8, 4) is 0 Å².